The summed E-state index contributed by atoms with van der Waals surface area (Å²) in [6.07, 6.45) is -2.19. The molecule has 0 spiro atoms. The van der Waals surface area contributed by atoms with Crippen LogP contribution in [0.25, 0.3) is 0 Å². The Kier molecular flexibility index (Phi) is 9.42. The van der Waals surface area contributed by atoms with Gasteiger partial charge in [-0.05, 0) is 20.4 Å². The van der Waals surface area contributed by atoms with Gasteiger partial charge in [0.1, 0.15) is 0 Å². The van der Waals surface area contributed by atoms with Crippen molar-refractivity contribution in [1.82, 2.24) is 25.3 Å². The van der Waals surface area contributed by atoms with E-state index in [2.05, 4.69) is 25.6 Å². The van der Waals surface area contributed by atoms with Crippen molar-refractivity contribution in [2.75, 3.05) is 46.9 Å². The highest BCUT2D eigenvalue weighted by Crippen LogP contribution is 2.30. The SMILES string of the molecule is CCNC(=NCc1cn(C)nc1C(F)(F)F)NCCN(C)CCCOC. The van der Waals surface area contributed by atoms with Crippen molar-refractivity contribution >= 4 is 5.96 Å². The molecule has 0 saturated heterocycles. The van der Waals surface area contributed by atoms with E-state index in [0.29, 0.717) is 25.7 Å². The normalized spacial score (nSPS) is 12.7. The number of aromatic nitrogens is 2. The zero-order valence-corrected chi connectivity index (χ0v) is 15.9. The molecular weight excluding hydrogens is 349 g/mol. The molecule has 0 aliphatic carbocycles. The number of hydrogen-bond donors (Lipinski definition) is 2. The predicted octanol–water partition coefficient (Wildman–Crippen LogP) is 1.46. The Bertz CT molecular complexity index is 559. The first-order valence-corrected chi connectivity index (χ1v) is 8.57. The van der Waals surface area contributed by atoms with Crippen LogP contribution in [0, 0.1) is 0 Å². The van der Waals surface area contributed by atoms with E-state index in [1.165, 1.54) is 13.2 Å². The Hall–Kier alpha value is -1.81. The van der Waals surface area contributed by atoms with Crippen LogP contribution >= 0.6 is 0 Å². The number of hydrogen-bond acceptors (Lipinski definition) is 4. The first-order chi connectivity index (χ1) is 12.3. The lowest BCUT2D eigenvalue weighted by atomic mass is 10.2. The summed E-state index contributed by atoms with van der Waals surface area (Å²) in [5.41, 5.74) is -0.841. The molecule has 0 aliphatic rings. The largest absolute Gasteiger partial charge is 0.435 e. The van der Waals surface area contributed by atoms with Gasteiger partial charge >= 0.3 is 6.18 Å². The topological polar surface area (TPSA) is 66.7 Å². The third-order valence-electron chi connectivity index (χ3n) is 3.60. The second-order valence-electron chi connectivity index (χ2n) is 5.95. The van der Waals surface area contributed by atoms with Crippen LogP contribution in [-0.4, -0.2) is 67.6 Å². The molecule has 26 heavy (non-hydrogen) atoms. The molecule has 1 rings (SSSR count). The average Bonchev–Trinajstić information content (AvgIpc) is 2.94. The van der Waals surface area contributed by atoms with Crippen molar-refractivity contribution in [1.29, 1.82) is 0 Å². The maximum Gasteiger partial charge on any atom is 0.435 e. The number of ether oxygens (including phenoxy) is 1. The first-order valence-electron chi connectivity index (χ1n) is 8.57. The van der Waals surface area contributed by atoms with Crippen LogP contribution in [0.1, 0.15) is 24.6 Å². The van der Waals surface area contributed by atoms with Gasteiger partial charge in [0.05, 0.1) is 6.54 Å². The van der Waals surface area contributed by atoms with E-state index in [1.54, 1.807) is 7.11 Å². The molecule has 0 saturated carbocycles. The van der Waals surface area contributed by atoms with E-state index >= 15 is 0 Å². The molecule has 0 atom stereocenters. The Morgan fingerprint density at radius 1 is 1.35 bits per heavy atom. The fourth-order valence-corrected chi connectivity index (χ4v) is 2.35. The Balaban J connectivity index is 2.59. The highest BCUT2D eigenvalue weighted by Gasteiger charge is 2.36. The van der Waals surface area contributed by atoms with Crippen molar-refractivity contribution in [3.05, 3.63) is 17.5 Å². The molecule has 0 bridgehead atoms. The molecular formula is C16H29F3N6O. The van der Waals surface area contributed by atoms with Crippen LogP contribution in [-0.2, 0) is 24.5 Å². The van der Waals surface area contributed by atoms with E-state index in [9.17, 15) is 13.2 Å². The second-order valence-corrected chi connectivity index (χ2v) is 5.95. The van der Waals surface area contributed by atoms with E-state index < -0.39 is 11.9 Å². The number of rotatable bonds is 10. The molecule has 0 aliphatic heterocycles. The van der Waals surface area contributed by atoms with E-state index in [4.69, 9.17) is 4.74 Å². The minimum atomic E-state index is -4.48. The third kappa shape index (κ3) is 8.05. The van der Waals surface area contributed by atoms with Gasteiger partial charge in [-0.25, -0.2) is 4.99 Å². The molecule has 0 aromatic carbocycles. The monoisotopic (exact) mass is 378 g/mol. The number of alkyl halides is 3. The summed E-state index contributed by atoms with van der Waals surface area (Å²) in [5, 5.41) is 9.66. The quantitative estimate of drug-likeness (QED) is 0.367. The molecule has 10 heteroatoms. The number of aryl methyl sites for hydroxylation is 1. The molecule has 0 amide bonds. The van der Waals surface area contributed by atoms with Crippen LogP contribution in [0.4, 0.5) is 13.2 Å². The molecule has 2 N–H and O–H groups in total. The highest BCUT2D eigenvalue weighted by molar-refractivity contribution is 5.79. The number of methoxy groups -OCH3 is 1. The summed E-state index contributed by atoms with van der Waals surface area (Å²) >= 11 is 0. The van der Waals surface area contributed by atoms with Crippen molar-refractivity contribution < 1.29 is 17.9 Å². The molecule has 0 unspecified atom stereocenters. The van der Waals surface area contributed by atoms with E-state index in [1.807, 2.05) is 14.0 Å². The molecule has 0 radical (unpaired) electrons. The van der Waals surface area contributed by atoms with Gasteiger partial charge in [-0.2, -0.15) is 18.3 Å². The Morgan fingerprint density at radius 2 is 2.08 bits per heavy atom. The van der Waals surface area contributed by atoms with Gasteiger partial charge in [-0.1, -0.05) is 0 Å². The number of guanidine groups is 1. The summed E-state index contributed by atoms with van der Waals surface area (Å²) in [6, 6.07) is 0. The molecule has 1 aromatic heterocycles. The second kappa shape index (κ2) is 11.0. The summed E-state index contributed by atoms with van der Waals surface area (Å²) in [4.78, 5) is 6.40. The fraction of sp³-hybridized carbons (Fsp3) is 0.750. The summed E-state index contributed by atoms with van der Waals surface area (Å²) in [5.74, 6) is 0.481. The van der Waals surface area contributed by atoms with Gasteiger partial charge in [0, 0.05) is 58.7 Å². The fourth-order valence-electron chi connectivity index (χ4n) is 2.35. The van der Waals surface area contributed by atoms with Crippen molar-refractivity contribution in [3.63, 3.8) is 0 Å². The van der Waals surface area contributed by atoms with Crippen molar-refractivity contribution in [3.8, 4) is 0 Å². The van der Waals surface area contributed by atoms with Crippen LogP contribution in [0.5, 0.6) is 0 Å². The van der Waals surface area contributed by atoms with Gasteiger partial charge in [0.2, 0.25) is 0 Å². The van der Waals surface area contributed by atoms with Crippen LogP contribution in [0.15, 0.2) is 11.2 Å². The predicted molar refractivity (Wildman–Crippen MR) is 95.0 cm³/mol. The maximum absolute atomic E-state index is 13.0. The third-order valence-corrected chi connectivity index (χ3v) is 3.60. The zero-order valence-electron chi connectivity index (χ0n) is 15.9. The lowest BCUT2D eigenvalue weighted by molar-refractivity contribution is -0.142. The summed E-state index contributed by atoms with van der Waals surface area (Å²) in [6.45, 7) is 5.47. The van der Waals surface area contributed by atoms with Crippen molar-refractivity contribution in [2.45, 2.75) is 26.1 Å². The van der Waals surface area contributed by atoms with Crippen LogP contribution in [0.2, 0.25) is 0 Å². The molecule has 0 fully saturated rings. The van der Waals surface area contributed by atoms with Gasteiger partial charge in [0.15, 0.2) is 11.7 Å². The maximum atomic E-state index is 13.0. The van der Waals surface area contributed by atoms with Crippen molar-refractivity contribution in [2.24, 2.45) is 12.0 Å². The Morgan fingerprint density at radius 3 is 2.69 bits per heavy atom. The highest BCUT2D eigenvalue weighted by atomic mass is 19.4. The molecule has 7 nitrogen and oxygen atoms in total. The van der Waals surface area contributed by atoms with E-state index in [-0.39, 0.29) is 12.1 Å². The van der Waals surface area contributed by atoms with Gasteiger partial charge in [-0.3, -0.25) is 4.68 Å². The van der Waals surface area contributed by atoms with Crippen LogP contribution in [0.3, 0.4) is 0 Å². The zero-order chi connectivity index (χ0) is 19.6. The minimum Gasteiger partial charge on any atom is -0.385 e. The number of nitrogens with one attached hydrogen (secondary N) is 2. The van der Waals surface area contributed by atoms with E-state index in [0.717, 1.165) is 24.2 Å². The van der Waals surface area contributed by atoms with Gasteiger partial charge in [-0.15, -0.1) is 0 Å². The minimum absolute atomic E-state index is 0.0499. The standard InChI is InChI=1S/C16H29F3N6O/c1-5-20-15(21-7-9-24(2)8-6-10-26-4)22-11-13-12-25(3)23-14(13)16(17,18)19/h12H,5-11H2,1-4H3,(H2,20,21,22). The molecule has 1 aromatic rings. The molecule has 150 valence electrons. The lowest BCUT2D eigenvalue weighted by Crippen LogP contribution is -2.41. The van der Waals surface area contributed by atoms with Gasteiger partial charge in [0.25, 0.3) is 0 Å². The Labute approximate surface area is 152 Å². The number of likely N-dealkylation sites (N-methyl/N-ethyl adjacent to an activating group) is 1. The average molecular weight is 378 g/mol. The number of halogens is 3. The smallest absolute Gasteiger partial charge is 0.385 e. The number of nitrogens with zero attached hydrogens (tertiary/aromatic N) is 4. The number of aliphatic imine (C=N–C) groups is 1. The lowest BCUT2D eigenvalue weighted by Gasteiger charge is -2.18. The molecule has 1 heterocycles. The summed E-state index contributed by atoms with van der Waals surface area (Å²) < 4.78 is 45.1. The summed E-state index contributed by atoms with van der Waals surface area (Å²) in [7, 11) is 5.14. The van der Waals surface area contributed by atoms with Gasteiger partial charge < -0.3 is 20.3 Å². The first kappa shape index (κ1) is 22.2. The van der Waals surface area contributed by atoms with Crippen LogP contribution < -0.4 is 10.6 Å².